The second kappa shape index (κ2) is 6.69. The maximum Gasteiger partial charge on any atom is 0.237 e. The van der Waals surface area contributed by atoms with Gasteiger partial charge in [-0.3, -0.25) is 4.79 Å². The van der Waals surface area contributed by atoms with Gasteiger partial charge in [0, 0.05) is 12.1 Å². The Balaban J connectivity index is 1.67. The van der Waals surface area contributed by atoms with Gasteiger partial charge < -0.3 is 16.0 Å². The van der Waals surface area contributed by atoms with E-state index < -0.39 is 6.04 Å². The van der Waals surface area contributed by atoms with Gasteiger partial charge in [-0.15, -0.1) is 0 Å². The van der Waals surface area contributed by atoms with Crippen molar-refractivity contribution in [1.82, 2.24) is 15.3 Å². The Morgan fingerprint density at radius 3 is 2.48 bits per heavy atom. The van der Waals surface area contributed by atoms with Crippen LogP contribution in [0.25, 0.3) is 22.4 Å². The average Bonchev–Trinajstić information content (AvgIpc) is 3.02. The van der Waals surface area contributed by atoms with Crippen molar-refractivity contribution >= 4 is 16.9 Å². The van der Waals surface area contributed by atoms with Crippen molar-refractivity contribution in [1.29, 1.82) is 0 Å². The minimum atomic E-state index is -0.526. The van der Waals surface area contributed by atoms with E-state index in [2.05, 4.69) is 15.3 Å². The van der Waals surface area contributed by atoms with E-state index in [9.17, 15) is 4.79 Å². The van der Waals surface area contributed by atoms with Crippen LogP contribution < -0.4 is 11.1 Å². The number of imidazole rings is 1. The SMILES string of the molecule is CC(C)(C)[C@H](N)C(=O)NCc1ccc(-c2nc3ccccc3[nH]2)cc1. The summed E-state index contributed by atoms with van der Waals surface area (Å²) in [5, 5.41) is 2.90. The van der Waals surface area contributed by atoms with Crippen LogP contribution in [0.2, 0.25) is 0 Å². The van der Waals surface area contributed by atoms with Gasteiger partial charge in [-0.25, -0.2) is 4.98 Å². The number of carbonyl (C=O) groups excluding carboxylic acids is 1. The Hall–Kier alpha value is -2.66. The third-order valence-electron chi connectivity index (χ3n) is 4.30. The Morgan fingerprint density at radius 1 is 1.16 bits per heavy atom. The summed E-state index contributed by atoms with van der Waals surface area (Å²) in [4.78, 5) is 20.0. The van der Waals surface area contributed by atoms with Crippen molar-refractivity contribution in [2.75, 3.05) is 0 Å². The van der Waals surface area contributed by atoms with Crippen LogP contribution in [0.5, 0.6) is 0 Å². The molecule has 0 unspecified atom stereocenters. The number of aromatic amines is 1. The maximum absolute atomic E-state index is 12.1. The number of rotatable bonds is 4. The largest absolute Gasteiger partial charge is 0.351 e. The number of benzene rings is 2. The second-order valence-corrected chi connectivity index (χ2v) is 7.36. The number of nitrogens with zero attached hydrogens (tertiary/aromatic N) is 1. The summed E-state index contributed by atoms with van der Waals surface area (Å²) < 4.78 is 0. The predicted octanol–water partition coefficient (Wildman–Crippen LogP) is 3.22. The third-order valence-corrected chi connectivity index (χ3v) is 4.30. The number of para-hydroxylation sites is 2. The zero-order valence-corrected chi connectivity index (χ0v) is 14.8. The molecular weight excluding hydrogens is 312 g/mol. The van der Waals surface area contributed by atoms with E-state index in [1.165, 1.54) is 0 Å². The fourth-order valence-electron chi connectivity index (χ4n) is 2.56. The number of hydrogen-bond donors (Lipinski definition) is 3. The van der Waals surface area contributed by atoms with Gasteiger partial charge in [0.25, 0.3) is 0 Å². The smallest absolute Gasteiger partial charge is 0.237 e. The lowest BCUT2D eigenvalue weighted by Gasteiger charge is -2.25. The Labute approximate surface area is 147 Å². The van der Waals surface area contributed by atoms with Crippen molar-refractivity contribution < 1.29 is 4.79 Å². The Bertz CT molecular complexity index is 842. The highest BCUT2D eigenvalue weighted by molar-refractivity contribution is 5.82. The van der Waals surface area contributed by atoms with E-state index in [-0.39, 0.29) is 11.3 Å². The minimum absolute atomic E-state index is 0.131. The van der Waals surface area contributed by atoms with E-state index in [0.29, 0.717) is 6.54 Å². The van der Waals surface area contributed by atoms with E-state index in [4.69, 9.17) is 5.73 Å². The van der Waals surface area contributed by atoms with E-state index in [1.807, 2.05) is 69.3 Å². The molecule has 0 aliphatic heterocycles. The number of hydrogen-bond acceptors (Lipinski definition) is 3. The highest BCUT2D eigenvalue weighted by atomic mass is 16.2. The van der Waals surface area contributed by atoms with Gasteiger partial charge in [0.05, 0.1) is 17.1 Å². The molecule has 1 amide bonds. The molecule has 130 valence electrons. The summed E-state index contributed by atoms with van der Waals surface area (Å²) in [5.74, 6) is 0.709. The van der Waals surface area contributed by atoms with Crippen molar-refractivity contribution in [2.24, 2.45) is 11.1 Å². The van der Waals surface area contributed by atoms with Crippen LogP contribution in [0.3, 0.4) is 0 Å². The maximum atomic E-state index is 12.1. The normalized spacial score (nSPS) is 13.0. The van der Waals surface area contributed by atoms with Crippen molar-refractivity contribution in [2.45, 2.75) is 33.4 Å². The van der Waals surface area contributed by atoms with Crippen LogP contribution in [0, 0.1) is 5.41 Å². The van der Waals surface area contributed by atoms with Crippen LogP contribution >= 0.6 is 0 Å². The van der Waals surface area contributed by atoms with Gasteiger partial charge in [0.1, 0.15) is 5.82 Å². The van der Waals surface area contributed by atoms with Crippen molar-refractivity contribution in [3.63, 3.8) is 0 Å². The van der Waals surface area contributed by atoms with Crippen molar-refractivity contribution in [3.8, 4) is 11.4 Å². The van der Waals surface area contributed by atoms with Crippen LogP contribution in [-0.4, -0.2) is 21.9 Å². The number of nitrogens with one attached hydrogen (secondary N) is 2. The molecule has 5 nitrogen and oxygen atoms in total. The highest BCUT2D eigenvalue weighted by Gasteiger charge is 2.27. The van der Waals surface area contributed by atoms with Crippen molar-refractivity contribution in [3.05, 3.63) is 54.1 Å². The molecule has 1 heterocycles. The first-order chi connectivity index (χ1) is 11.8. The summed E-state index contributed by atoms with van der Waals surface area (Å²) in [6.45, 7) is 6.33. The lowest BCUT2D eigenvalue weighted by atomic mass is 9.87. The van der Waals surface area contributed by atoms with E-state index in [1.54, 1.807) is 0 Å². The molecule has 3 aromatic rings. The molecule has 3 rings (SSSR count). The highest BCUT2D eigenvalue weighted by Crippen LogP contribution is 2.21. The van der Waals surface area contributed by atoms with Crippen LogP contribution in [0.1, 0.15) is 26.3 Å². The summed E-state index contributed by atoms with van der Waals surface area (Å²) >= 11 is 0. The zero-order valence-electron chi connectivity index (χ0n) is 14.8. The fraction of sp³-hybridized carbons (Fsp3) is 0.300. The number of carbonyl (C=O) groups is 1. The molecular formula is C20H24N4O. The molecule has 0 radical (unpaired) electrons. The van der Waals surface area contributed by atoms with Gasteiger partial charge in [-0.2, -0.15) is 0 Å². The molecule has 0 bridgehead atoms. The van der Waals surface area contributed by atoms with Crippen LogP contribution in [-0.2, 0) is 11.3 Å². The standard InChI is InChI=1S/C20H24N4O/c1-20(2,3)17(21)19(25)22-12-13-8-10-14(11-9-13)18-23-15-6-4-5-7-16(15)24-18/h4-11,17H,12,21H2,1-3H3,(H,22,25)(H,23,24)/t17-/m1/s1. The average molecular weight is 336 g/mol. The minimum Gasteiger partial charge on any atom is -0.351 e. The van der Waals surface area contributed by atoms with Gasteiger partial charge in [0.2, 0.25) is 5.91 Å². The lowest BCUT2D eigenvalue weighted by Crippen LogP contribution is -2.48. The molecule has 25 heavy (non-hydrogen) atoms. The van der Waals surface area contributed by atoms with E-state index >= 15 is 0 Å². The molecule has 0 saturated heterocycles. The first-order valence-electron chi connectivity index (χ1n) is 8.42. The topological polar surface area (TPSA) is 83.8 Å². The van der Waals surface area contributed by atoms with Gasteiger partial charge >= 0.3 is 0 Å². The molecule has 0 aliphatic carbocycles. The molecule has 4 N–H and O–H groups in total. The molecule has 0 aliphatic rings. The molecule has 2 aromatic carbocycles. The summed E-state index contributed by atoms with van der Waals surface area (Å²) in [6, 6.07) is 15.4. The lowest BCUT2D eigenvalue weighted by molar-refractivity contribution is -0.124. The van der Waals surface area contributed by atoms with Gasteiger partial charge in [-0.05, 0) is 23.1 Å². The second-order valence-electron chi connectivity index (χ2n) is 7.36. The number of fused-ring (bicyclic) bond motifs is 1. The number of amides is 1. The molecule has 1 aromatic heterocycles. The molecule has 1 atom stereocenters. The molecule has 0 spiro atoms. The molecule has 5 heteroatoms. The third kappa shape index (κ3) is 3.88. The number of aromatic nitrogens is 2. The fourth-order valence-corrected chi connectivity index (χ4v) is 2.56. The number of H-pyrrole nitrogens is 1. The van der Waals surface area contributed by atoms with Crippen LogP contribution in [0.15, 0.2) is 48.5 Å². The molecule has 0 saturated carbocycles. The summed E-state index contributed by atoms with van der Waals surface area (Å²) in [5.41, 5.74) is 9.72. The molecule has 0 fully saturated rings. The Kier molecular flexibility index (Phi) is 4.59. The Morgan fingerprint density at radius 2 is 1.84 bits per heavy atom. The first kappa shape index (κ1) is 17.2. The summed E-state index contributed by atoms with van der Waals surface area (Å²) in [6.07, 6.45) is 0. The monoisotopic (exact) mass is 336 g/mol. The van der Waals surface area contributed by atoms with Gasteiger partial charge in [-0.1, -0.05) is 57.2 Å². The van der Waals surface area contributed by atoms with Crippen LogP contribution in [0.4, 0.5) is 0 Å². The quantitative estimate of drug-likeness (QED) is 0.684. The summed E-state index contributed by atoms with van der Waals surface area (Å²) in [7, 11) is 0. The number of nitrogens with two attached hydrogens (primary N) is 1. The zero-order chi connectivity index (χ0) is 18.0. The van der Waals surface area contributed by atoms with E-state index in [0.717, 1.165) is 28.0 Å². The van der Waals surface area contributed by atoms with Gasteiger partial charge in [0.15, 0.2) is 0 Å². The predicted molar refractivity (Wildman–Crippen MR) is 101 cm³/mol. The first-order valence-corrected chi connectivity index (χ1v) is 8.42.